The van der Waals surface area contributed by atoms with Crippen LogP contribution in [0, 0.1) is 18.2 Å². The number of carbonyl (C=O) groups excluding carboxylic acids is 1. The molecular weight excluding hydrogens is 281 g/mol. The predicted molar refractivity (Wildman–Crippen MR) is 82.6 cm³/mol. The summed E-state index contributed by atoms with van der Waals surface area (Å²) in [7, 11) is 1.35. The van der Waals surface area contributed by atoms with E-state index >= 15 is 0 Å². The van der Waals surface area contributed by atoms with Gasteiger partial charge in [0, 0.05) is 6.54 Å². The highest BCUT2D eigenvalue weighted by atomic mass is 19.1. The van der Waals surface area contributed by atoms with Crippen molar-refractivity contribution in [3.8, 4) is 12.3 Å². The Morgan fingerprint density at radius 2 is 1.86 bits per heavy atom. The summed E-state index contributed by atoms with van der Waals surface area (Å²) in [4.78, 5) is 11.4. The fourth-order valence-corrected chi connectivity index (χ4v) is 2.02. The number of benzene rings is 2. The first-order chi connectivity index (χ1) is 10.6. The number of esters is 1. The Morgan fingerprint density at radius 3 is 2.41 bits per heavy atom. The van der Waals surface area contributed by atoms with Gasteiger partial charge in [-0.3, -0.25) is 5.32 Å². The summed E-state index contributed by atoms with van der Waals surface area (Å²) < 4.78 is 17.6. The number of hydrogen-bond acceptors (Lipinski definition) is 3. The van der Waals surface area contributed by atoms with Crippen molar-refractivity contribution in [2.75, 3.05) is 7.11 Å². The van der Waals surface area contributed by atoms with E-state index in [1.54, 1.807) is 24.3 Å². The Morgan fingerprint density at radius 1 is 1.23 bits per heavy atom. The highest BCUT2D eigenvalue weighted by Crippen LogP contribution is 2.14. The van der Waals surface area contributed by atoms with E-state index in [-0.39, 0.29) is 17.8 Å². The van der Waals surface area contributed by atoms with Gasteiger partial charge in [-0.1, -0.05) is 30.2 Å². The van der Waals surface area contributed by atoms with Crippen molar-refractivity contribution < 1.29 is 13.9 Å². The van der Waals surface area contributed by atoms with Crippen molar-refractivity contribution in [2.45, 2.75) is 12.6 Å². The molecule has 0 fully saturated rings. The zero-order valence-electron chi connectivity index (χ0n) is 12.2. The molecule has 0 aliphatic heterocycles. The molecule has 3 nitrogen and oxygen atoms in total. The third kappa shape index (κ3) is 3.94. The number of halogens is 1. The first-order valence-electron chi connectivity index (χ1n) is 6.76. The molecule has 0 aliphatic rings. The minimum absolute atomic E-state index is 0.294. The van der Waals surface area contributed by atoms with Crippen LogP contribution in [0.25, 0.3) is 0 Å². The third-order valence-corrected chi connectivity index (χ3v) is 3.26. The SMILES string of the molecule is C#C[C@H](NCc1ccc(C(=O)OC)cc1)c1ccc(F)cc1. The fourth-order valence-electron chi connectivity index (χ4n) is 2.02. The lowest BCUT2D eigenvalue weighted by molar-refractivity contribution is 0.0600. The van der Waals surface area contributed by atoms with Crippen LogP contribution in [0.3, 0.4) is 0 Å². The third-order valence-electron chi connectivity index (χ3n) is 3.26. The van der Waals surface area contributed by atoms with Gasteiger partial charge in [0.1, 0.15) is 5.82 Å². The summed E-state index contributed by atoms with van der Waals surface area (Å²) >= 11 is 0. The Bertz CT molecular complexity index is 672. The van der Waals surface area contributed by atoms with Gasteiger partial charge in [-0.2, -0.15) is 0 Å². The summed E-state index contributed by atoms with van der Waals surface area (Å²) in [5, 5.41) is 3.21. The molecule has 0 amide bonds. The van der Waals surface area contributed by atoms with Crippen molar-refractivity contribution in [3.63, 3.8) is 0 Å². The van der Waals surface area contributed by atoms with E-state index < -0.39 is 0 Å². The van der Waals surface area contributed by atoms with Crippen molar-refractivity contribution in [3.05, 3.63) is 71.0 Å². The molecule has 0 radical (unpaired) electrons. The van der Waals surface area contributed by atoms with Gasteiger partial charge in [0.05, 0.1) is 18.7 Å². The average Bonchev–Trinajstić information content (AvgIpc) is 2.56. The molecule has 0 saturated heterocycles. The van der Waals surface area contributed by atoms with Gasteiger partial charge in [-0.15, -0.1) is 6.42 Å². The van der Waals surface area contributed by atoms with E-state index in [4.69, 9.17) is 6.42 Å². The lowest BCUT2D eigenvalue weighted by Gasteiger charge is -2.13. The lowest BCUT2D eigenvalue weighted by Crippen LogP contribution is -2.19. The van der Waals surface area contributed by atoms with Gasteiger partial charge in [0.15, 0.2) is 0 Å². The number of hydrogen-bond donors (Lipinski definition) is 1. The molecule has 0 aromatic heterocycles. The average molecular weight is 297 g/mol. The van der Waals surface area contributed by atoms with Gasteiger partial charge in [0.2, 0.25) is 0 Å². The molecule has 0 spiro atoms. The maximum absolute atomic E-state index is 12.9. The lowest BCUT2D eigenvalue weighted by atomic mass is 10.1. The summed E-state index contributed by atoms with van der Waals surface area (Å²) in [5.74, 6) is 1.98. The smallest absolute Gasteiger partial charge is 0.337 e. The van der Waals surface area contributed by atoms with Crippen LogP contribution in [0.15, 0.2) is 48.5 Å². The predicted octanol–water partition coefficient (Wildman–Crippen LogP) is 3.08. The number of rotatable bonds is 5. The highest BCUT2D eigenvalue weighted by molar-refractivity contribution is 5.89. The largest absolute Gasteiger partial charge is 0.465 e. The maximum Gasteiger partial charge on any atom is 0.337 e. The molecule has 1 atom stereocenters. The number of ether oxygens (including phenoxy) is 1. The number of methoxy groups -OCH3 is 1. The summed E-state index contributed by atoms with van der Waals surface area (Å²) in [6, 6.07) is 12.8. The minimum atomic E-state index is -0.368. The van der Waals surface area contributed by atoms with Gasteiger partial charge in [-0.05, 0) is 35.4 Å². The zero-order valence-corrected chi connectivity index (χ0v) is 12.2. The standard InChI is InChI=1S/C18H16FNO2/c1-3-17(14-8-10-16(19)11-9-14)20-12-13-4-6-15(7-5-13)18(21)22-2/h1,4-11,17,20H,12H2,2H3/t17-/m0/s1. The second kappa shape index (κ2) is 7.39. The highest BCUT2D eigenvalue weighted by Gasteiger charge is 2.08. The van der Waals surface area contributed by atoms with E-state index in [2.05, 4.69) is 16.0 Å². The van der Waals surface area contributed by atoms with Crippen molar-refractivity contribution in [2.24, 2.45) is 0 Å². The van der Waals surface area contributed by atoms with Crippen molar-refractivity contribution >= 4 is 5.97 Å². The molecule has 0 saturated carbocycles. The molecule has 0 aliphatic carbocycles. The Kier molecular flexibility index (Phi) is 5.29. The summed E-state index contributed by atoms with van der Waals surface area (Å²) in [6.07, 6.45) is 5.52. The number of terminal acetylenes is 1. The topological polar surface area (TPSA) is 38.3 Å². The van der Waals surface area contributed by atoms with E-state index in [9.17, 15) is 9.18 Å². The van der Waals surface area contributed by atoms with Gasteiger partial charge in [0.25, 0.3) is 0 Å². The van der Waals surface area contributed by atoms with Gasteiger partial charge in [-0.25, -0.2) is 9.18 Å². The van der Waals surface area contributed by atoms with E-state index in [1.807, 2.05) is 12.1 Å². The van der Waals surface area contributed by atoms with Crippen LogP contribution in [0.5, 0.6) is 0 Å². The van der Waals surface area contributed by atoms with Crippen LogP contribution < -0.4 is 5.32 Å². The van der Waals surface area contributed by atoms with Crippen LogP contribution >= 0.6 is 0 Å². The molecule has 0 heterocycles. The molecule has 0 unspecified atom stereocenters. The molecule has 22 heavy (non-hydrogen) atoms. The monoisotopic (exact) mass is 297 g/mol. The zero-order chi connectivity index (χ0) is 15.9. The first-order valence-corrected chi connectivity index (χ1v) is 6.76. The minimum Gasteiger partial charge on any atom is -0.465 e. The molecule has 2 aromatic rings. The van der Waals surface area contributed by atoms with Crippen LogP contribution in [0.2, 0.25) is 0 Å². The first kappa shape index (κ1) is 15.7. The van der Waals surface area contributed by atoms with Gasteiger partial charge < -0.3 is 4.74 Å². The molecule has 2 aromatic carbocycles. The Hall–Kier alpha value is -2.64. The van der Waals surface area contributed by atoms with Crippen LogP contribution in [-0.4, -0.2) is 13.1 Å². The summed E-state index contributed by atoms with van der Waals surface area (Å²) in [5.41, 5.74) is 2.31. The second-order valence-corrected chi connectivity index (χ2v) is 4.72. The molecule has 112 valence electrons. The van der Waals surface area contributed by atoms with Gasteiger partial charge >= 0.3 is 5.97 Å². The normalized spacial score (nSPS) is 11.5. The van der Waals surface area contributed by atoms with Crippen LogP contribution in [0.1, 0.15) is 27.5 Å². The molecule has 2 rings (SSSR count). The molecule has 4 heteroatoms. The van der Waals surface area contributed by atoms with Crippen molar-refractivity contribution in [1.29, 1.82) is 0 Å². The van der Waals surface area contributed by atoms with Crippen molar-refractivity contribution in [1.82, 2.24) is 5.32 Å². The quantitative estimate of drug-likeness (QED) is 0.681. The van der Waals surface area contributed by atoms with E-state index in [0.717, 1.165) is 11.1 Å². The molecule has 1 N–H and O–H groups in total. The number of nitrogens with one attached hydrogen (secondary N) is 1. The summed E-state index contributed by atoms with van der Waals surface area (Å²) in [6.45, 7) is 0.535. The fraction of sp³-hybridized carbons (Fsp3) is 0.167. The molecule has 0 bridgehead atoms. The Labute approximate surface area is 129 Å². The van der Waals surface area contributed by atoms with Crippen LogP contribution in [0.4, 0.5) is 4.39 Å². The van der Waals surface area contributed by atoms with Crippen LogP contribution in [-0.2, 0) is 11.3 Å². The number of carbonyl (C=O) groups is 1. The maximum atomic E-state index is 12.9. The van der Waals surface area contributed by atoms with E-state index in [0.29, 0.717) is 12.1 Å². The molecular formula is C18H16FNO2. The second-order valence-electron chi connectivity index (χ2n) is 4.72. The Balaban J connectivity index is 2.00. The van der Waals surface area contributed by atoms with E-state index in [1.165, 1.54) is 19.2 Å².